The van der Waals surface area contributed by atoms with Crippen molar-refractivity contribution >= 4 is 33.4 Å². The second-order valence-corrected chi connectivity index (χ2v) is 10.00. The van der Waals surface area contributed by atoms with Crippen LogP contribution in [0, 0.1) is 0 Å². The number of anilines is 2. The van der Waals surface area contributed by atoms with Crippen molar-refractivity contribution < 1.29 is 18.6 Å². The zero-order valence-electron chi connectivity index (χ0n) is 24.4. The van der Waals surface area contributed by atoms with Crippen molar-refractivity contribution in [3.63, 3.8) is 0 Å². The van der Waals surface area contributed by atoms with Crippen LogP contribution in [0.15, 0.2) is 59.0 Å². The average Bonchev–Trinajstić information content (AvgIpc) is 3.37. The first-order valence-electron chi connectivity index (χ1n) is 14.5. The first-order valence-corrected chi connectivity index (χ1v) is 14.5. The number of pyridine rings is 1. The van der Waals surface area contributed by atoms with Crippen molar-refractivity contribution in [1.29, 1.82) is 0 Å². The van der Waals surface area contributed by atoms with Gasteiger partial charge >= 0.3 is 0 Å². The number of fused-ring (bicyclic) bond motifs is 3. The van der Waals surface area contributed by atoms with Gasteiger partial charge in [0, 0.05) is 67.0 Å². The van der Waals surface area contributed by atoms with Gasteiger partial charge in [-0.1, -0.05) is 45.9 Å². The van der Waals surface area contributed by atoms with Crippen LogP contribution in [0.3, 0.4) is 0 Å². The maximum atomic E-state index is 6.05. The summed E-state index contributed by atoms with van der Waals surface area (Å²) < 4.78 is 22.5. The minimum Gasteiger partial charge on any atom is -0.492 e. The normalized spacial score (nSPS) is 15.9. The van der Waals surface area contributed by atoms with Gasteiger partial charge in [0.05, 0.1) is 26.4 Å². The fraction of sp³-hybridized carbons (Fsp3) is 0.469. The van der Waals surface area contributed by atoms with Crippen molar-refractivity contribution in [2.45, 2.75) is 33.6 Å². The van der Waals surface area contributed by atoms with Crippen LogP contribution in [-0.4, -0.2) is 75.6 Å². The Labute approximate surface area is 238 Å². The largest absolute Gasteiger partial charge is 0.492 e. The van der Waals surface area contributed by atoms with E-state index in [4.69, 9.17) is 29.3 Å². The second kappa shape index (κ2) is 14.9. The minimum atomic E-state index is 0.382. The molecule has 2 N–H and O–H groups in total. The van der Waals surface area contributed by atoms with E-state index in [0.717, 1.165) is 104 Å². The van der Waals surface area contributed by atoms with Crippen molar-refractivity contribution in [2.24, 2.45) is 0 Å². The van der Waals surface area contributed by atoms with Gasteiger partial charge in [-0.05, 0) is 30.2 Å². The number of ether oxygens (including phenoxy) is 3. The van der Waals surface area contributed by atoms with Gasteiger partial charge in [0.25, 0.3) is 0 Å². The molecule has 2 aromatic carbocycles. The van der Waals surface area contributed by atoms with Crippen LogP contribution in [0.2, 0.25) is 0 Å². The molecule has 0 spiro atoms. The van der Waals surface area contributed by atoms with Crippen molar-refractivity contribution in [3.05, 3.63) is 60.3 Å². The summed E-state index contributed by atoms with van der Waals surface area (Å²) >= 11 is 0. The van der Waals surface area contributed by atoms with E-state index in [9.17, 15) is 0 Å². The van der Waals surface area contributed by atoms with E-state index in [1.54, 1.807) is 0 Å². The van der Waals surface area contributed by atoms with Crippen LogP contribution in [-0.2, 0) is 9.47 Å². The Morgan fingerprint density at radius 2 is 1.52 bits per heavy atom. The lowest BCUT2D eigenvalue weighted by Crippen LogP contribution is -2.38. The molecule has 4 aromatic rings. The third kappa shape index (κ3) is 7.87. The molecule has 8 nitrogen and oxygen atoms in total. The van der Waals surface area contributed by atoms with E-state index in [1.165, 1.54) is 0 Å². The fourth-order valence-corrected chi connectivity index (χ4v) is 4.71. The number of morpholine rings is 2. The van der Waals surface area contributed by atoms with E-state index in [-0.39, 0.29) is 0 Å². The fourth-order valence-electron chi connectivity index (χ4n) is 4.71. The summed E-state index contributed by atoms with van der Waals surface area (Å²) in [7, 11) is 0. The molecule has 6 rings (SSSR count). The molecular weight excluding hydrogens is 504 g/mol. The molecule has 2 aromatic heterocycles. The molecule has 2 fully saturated rings. The Morgan fingerprint density at radius 3 is 2.25 bits per heavy atom. The van der Waals surface area contributed by atoms with Crippen LogP contribution >= 0.6 is 0 Å². The van der Waals surface area contributed by atoms with Crippen LogP contribution in [0.1, 0.15) is 39.3 Å². The third-order valence-corrected chi connectivity index (χ3v) is 6.91. The molecule has 2 saturated heterocycles. The van der Waals surface area contributed by atoms with Gasteiger partial charge in [-0.2, -0.15) is 0 Å². The number of nitrogens with two attached hydrogens (primary N) is 1. The quantitative estimate of drug-likeness (QED) is 0.296. The zero-order chi connectivity index (χ0) is 28.3. The van der Waals surface area contributed by atoms with Crippen LogP contribution < -0.4 is 15.4 Å². The molecule has 2 aliphatic heterocycles. The molecular formula is C32H44N4O4. The zero-order valence-corrected chi connectivity index (χ0v) is 24.4. The summed E-state index contributed by atoms with van der Waals surface area (Å²) in [6, 6.07) is 17.8. The molecule has 216 valence electrons. The lowest BCUT2D eigenvalue weighted by molar-refractivity contribution is 0.0322. The highest BCUT2D eigenvalue weighted by atomic mass is 16.5. The molecule has 2 aliphatic rings. The SMILES string of the molecule is CC.CC(C)c1cc(OCCN2CCOCC2)cc(N2CCOCC2)n1.Nc1ccc2oc3ccccc3c2c1. The van der Waals surface area contributed by atoms with Gasteiger partial charge in [0.15, 0.2) is 0 Å². The summed E-state index contributed by atoms with van der Waals surface area (Å²) in [6.45, 7) is 16.9. The molecule has 0 bridgehead atoms. The Morgan fingerprint density at radius 1 is 0.850 bits per heavy atom. The second-order valence-electron chi connectivity index (χ2n) is 10.00. The van der Waals surface area contributed by atoms with Gasteiger partial charge in [0.2, 0.25) is 0 Å². The summed E-state index contributed by atoms with van der Waals surface area (Å²) in [5, 5.41) is 2.20. The van der Waals surface area contributed by atoms with Crippen LogP contribution in [0.5, 0.6) is 5.75 Å². The summed E-state index contributed by atoms with van der Waals surface area (Å²) in [5.74, 6) is 2.31. The first-order chi connectivity index (χ1) is 19.6. The highest BCUT2D eigenvalue weighted by Crippen LogP contribution is 2.29. The number of furan rings is 1. The van der Waals surface area contributed by atoms with Gasteiger partial charge in [-0.3, -0.25) is 4.90 Å². The van der Waals surface area contributed by atoms with Crippen molar-refractivity contribution in [3.8, 4) is 5.75 Å². The number of hydrogen-bond acceptors (Lipinski definition) is 8. The van der Waals surface area contributed by atoms with Crippen LogP contribution in [0.4, 0.5) is 11.5 Å². The molecule has 4 heterocycles. The maximum Gasteiger partial charge on any atom is 0.135 e. The summed E-state index contributed by atoms with van der Waals surface area (Å²) in [6.07, 6.45) is 0. The van der Waals surface area contributed by atoms with Gasteiger partial charge in [0.1, 0.15) is 29.3 Å². The Kier molecular flexibility index (Phi) is 11.0. The van der Waals surface area contributed by atoms with E-state index in [1.807, 2.05) is 56.3 Å². The summed E-state index contributed by atoms with van der Waals surface area (Å²) in [4.78, 5) is 9.49. The highest BCUT2D eigenvalue weighted by molar-refractivity contribution is 6.05. The standard InChI is InChI=1S/C18H29N3O3.C12H9NO.C2H6/c1-15(2)17-13-16(24-12-5-20-3-8-22-9-4-20)14-18(19-17)21-6-10-23-11-7-21;13-8-5-6-12-10(7-8)9-3-1-2-4-11(9)14-12;1-2/h13-15H,3-12H2,1-2H3;1-7H,13H2;1-2H3. The third-order valence-electron chi connectivity index (χ3n) is 6.91. The first kappa shape index (κ1) is 29.6. The molecule has 40 heavy (non-hydrogen) atoms. The van der Waals surface area contributed by atoms with E-state index >= 15 is 0 Å². The molecule has 0 unspecified atom stereocenters. The monoisotopic (exact) mass is 548 g/mol. The number of hydrogen-bond donors (Lipinski definition) is 1. The molecule has 0 amide bonds. The van der Waals surface area contributed by atoms with Crippen LogP contribution in [0.25, 0.3) is 21.9 Å². The number of benzene rings is 2. The molecule has 0 atom stereocenters. The molecule has 0 saturated carbocycles. The Hall–Kier alpha value is -3.33. The minimum absolute atomic E-state index is 0.382. The van der Waals surface area contributed by atoms with Gasteiger partial charge in [-0.15, -0.1) is 0 Å². The van der Waals surface area contributed by atoms with Gasteiger partial charge in [-0.25, -0.2) is 4.98 Å². The topological polar surface area (TPSA) is 86.2 Å². The molecule has 0 radical (unpaired) electrons. The predicted molar refractivity (Wildman–Crippen MR) is 164 cm³/mol. The predicted octanol–water partition coefficient (Wildman–Crippen LogP) is 5.95. The molecule has 0 aliphatic carbocycles. The number of nitrogens with zero attached hydrogens (tertiary/aromatic N) is 3. The lowest BCUT2D eigenvalue weighted by Gasteiger charge is -2.29. The smallest absolute Gasteiger partial charge is 0.135 e. The number of aromatic nitrogens is 1. The maximum absolute atomic E-state index is 6.05. The Bertz CT molecular complexity index is 1330. The highest BCUT2D eigenvalue weighted by Gasteiger charge is 2.16. The lowest BCUT2D eigenvalue weighted by atomic mass is 10.1. The van der Waals surface area contributed by atoms with E-state index in [0.29, 0.717) is 12.5 Å². The summed E-state index contributed by atoms with van der Waals surface area (Å²) in [5.41, 5.74) is 9.38. The Balaban J connectivity index is 0.000000195. The van der Waals surface area contributed by atoms with E-state index in [2.05, 4.69) is 35.8 Å². The number of rotatable bonds is 6. The van der Waals surface area contributed by atoms with Crippen molar-refractivity contribution in [2.75, 3.05) is 76.4 Å². The van der Waals surface area contributed by atoms with Crippen molar-refractivity contribution in [1.82, 2.24) is 9.88 Å². The van der Waals surface area contributed by atoms with E-state index < -0.39 is 0 Å². The van der Waals surface area contributed by atoms with Gasteiger partial charge < -0.3 is 29.3 Å². The number of nitrogen functional groups attached to an aromatic ring is 1. The number of para-hydroxylation sites is 1. The average molecular weight is 549 g/mol. The molecule has 8 heteroatoms.